The largest absolute Gasteiger partial charge is 0.695 e. The van der Waals surface area contributed by atoms with Crippen LogP contribution in [0.4, 0.5) is 16.2 Å². The molecule has 55 heavy (non-hydrogen) atoms. The normalized spacial score (nSPS) is 20.2. The second-order valence-electron chi connectivity index (χ2n) is 12.8. The number of nitrogens with one attached hydrogen (secondary N) is 1. The first-order valence-corrected chi connectivity index (χ1v) is 19.3. The number of aliphatic hydroxyl groups is 1. The van der Waals surface area contributed by atoms with Gasteiger partial charge in [-0.1, -0.05) is 6.07 Å². The summed E-state index contributed by atoms with van der Waals surface area (Å²) in [5.74, 6) is -0.463. The van der Waals surface area contributed by atoms with Crippen molar-refractivity contribution in [3.05, 3.63) is 53.6 Å². The van der Waals surface area contributed by atoms with Crippen molar-refractivity contribution in [1.82, 2.24) is 10.2 Å². The number of aliphatic imine (C=N–C) groups is 1. The summed E-state index contributed by atoms with van der Waals surface area (Å²) in [6.07, 6.45) is -0.532. The number of hydrogen-bond donors (Lipinski definition) is 5. The molecule has 0 aliphatic carbocycles. The third kappa shape index (κ3) is 14.4. The number of benzene rings is 2. The lowest BCUT2D eigenvalue weighted by Gasteiger charge is -2.34. The summed E-state index contributed by atoms with van der Waals surface area (Å²) in [5, 5.41) is 32.0. The lowest BCUT2D eigenvalue weighted by atomic mass is 9.99. The average Bonchev–Trinajstić information content (AvgIpc) is 3.51. The van der Waals surface area contributed by atoms with E-state index in [1.165, 1.54) is 4.90 Å². The number of carbonyl (C=O) groups is 3. The monoisotopic (exact) mass is 789 g/mol. The first kappa shape index (κ1) is 43.5. The standard InChI is InChI=1S/C36H49N6O12P/c1-2-50-17-18-52-20-19-51-16-14-28(43)7-3-5-24-8-13-30(44)29(21-24)41-40-27-11-9-25(10-12-27)34(46)38-15-4-6-26-22-42(36(47)39-33(26)37)35-32(45)31(23-53-35)54-55(48)49/h8-13,21,26,31-32,35,45H,2-7,14-20,22-23H2,1H3,(H4-,37,38,39,40,44,46,47,48,49)/p+1/t26?,31?,32-,35+/m0/s1. The molecule has 6 N–H and O–H groups in total. The summed E-state index contributed by atoms with van der Waals surface area (Å²) in [6.45, 7) is 5.12. The highest BCUT2D eigenvalue weighted by molar-refractivity contribution is 7.32. The van der Waals surface area contributed by atoms with Gasteiger partial charge < -0.3 is 40.2 Å². The quantitative estimate of drug-likeness (QED) is 0.0577. The Hall–Kier alpha value is -4.26. The summed E-state index contributed by atoms with van der Waals surface area (Å²) < 4.78 is 37.3. The number of amides is 3. The number of Topliss-reactive ketones (excluding diaryl/α,β-unsaturated/α-hetero) is 1. The Morgan fingerprint density at radius 2 is 1.76 bits per heavy atom. The zero-order valence-electron chi connectivity index (χ0n) is 30.8. The van der Waals surface area contributed by atoms with Gasteiger partial charge in [0.2, 0.25) is 0 Å². The van der Waals surface area contributed by atoms with Crippen LogP contribution in [0.15, 0.2) is 57.7 Å². The van der Waals surface area contributed by atoms with Crippen molar-refractivity contribution in [2.75, 3.05) is 59.3 Å². The molecule has 3 unspecified atom stereocenters. The molecule has 2 aliphatic rings. The minimum Gasteiger partial charge on any atom is -0.506 e. The van der Waals surface area contributed by atoms with Crippen LogP contribution in [0.25, 0.3) is 0 Å². The number of nitrogens with two attached hydrogens (primary N) is 1. The number of aromatic hydroxyl groups is 1. The molecule has 4 rings (SSSR count). The van der Waals surface area contributed by atoms with Gasteiger partial charge in [-0.05, 0) is 74.6 Å². The van der Waals surface area contributed by atoms with E-state index in [4.69, 9.17) is 34.1 Å². The summed E-state index contributed by atoms with van der Waals surface area (Å²) in [4.78, 5) is 51.6. The Labute approximate surface area is 320 Å². The Kier molecular flexibility index (Phi) is 18.1. The highest BCUT2D eigenvalue weighted by Gasteiger charge is 2.47. The average molecular weight is 790 g/mol. The molecule has 0 spiro atoms. The molecule has 19 heteroatoms. The van der Waals surface area contributed by atoms with Gasteiger partial charge in [-0.25, -0.2) is 4.79 Å². The van der Waals surface area contributed by atoms with Crippen molar-refractivity contribution in [3.63, 3.8) is 0 Å². The third-order valence-electron chi connectivity index (χ3n) is 8.79. The van der Waals surface area contributed by atoms with E-state index in [0.29, 0.717) is 96.0 Å². The number of ketones is 1. The molecule has 0 saturated carbocycles. The molecule has 2 aromatic carbocycles. The van der Waals surface area contributed by atoms with E-state index in [9.17, 15) is 29.2 Å². The summed E-state index contributed by atoms with van der Waals surface area (Å²) >= 11 is 0. The number of phenolic OH excluding ortho intramolecular Hbond substituents is 1. The number of nitrogens with zero attached hydrogens (tertiary/aromatic N) is 4. The van der Waals surface area contributed by atoms with Crippen molar-refractivity contribution in [2.45, 2.75) is 63.9 Å². The Morgan fingerprint density at radius 1 is 1.04 bits per heavy atom. The van der Waals surface area contributed by atoms with Gasteiger partial charge in [-0.15, -0.1) is 14.5 Å². The lowest BCUT2D eigenvalue weighted by Crippen LogP contribution is -2.53. The van der Waals surface area contributed by atoms with Crippen LogP contribution < -0.4 is 11.1 Å². The van der Waals surface area contributed by atoms with Crippen LogP contribution in [-0.4, -0.2) is 121 Å². The molecule has 2 heterocycles. The van der Waals surface area contributed by atoms with Crippen molar-refractivity contribution < 1.29 is 57.5 Å². The maximum atomic E-state index is 12.8. The van der Waals surface area contributed by atoms with E-state index in [1.807, 2.05) is 6.92 Å². The molecule has 5 atom stereocenters. The first-order valence-electron chi connectivity index (χ1n) is 18.2. The lowest BCUT2D eigenvalue weighted by molar-refractivity contribution is -0.120. The van der Waals surface area contributed by atoms with Gasteiger partial charge in [0, 0.05) is 48.6 Å². The molecule has 2 aliphatic heterocycles. The van der Waals surface area contributed by atoms with Crippen LogP contribution in [0.2, 0.25) is 0 Å². The molecule has 3 amide bonds. The van der Waals surface area contributed by atoms with Crippen LogP contribution in [0.5, 0.6) is 5.75 Å². The van der Waals surface area contributed by atoms with Crippen molar-refractivity contribution >= 4 is 43.2 Å². The van der Waals surface area contributed by atoms with Gasteiger partial charge in [0.25, 0.3) is 5.91 Å². The van der Waals surface area contributed by atoms with E-state index < -0.39 is 32.7 Å². The van der Waals surface area contributed by atoms with E-state index in [1.54, 1.807) is 42.5 Å². The smallest absolute Gasteiger partial charge is 0.506 e. The molecule has 0 bridgehead atoms. The van der Waals surface area contributed by atoms with Crippen molar-refractivity contribution in [1.29, 1.82) is 0 Å². The second-order valence-corrected chi connectivity index (χ2v) is 13.5. The summed E-state index contributed by atoms with van der Waals surface area (Å²) in [5.41, 5.74) is 8.07. The van der Waals surface area contributed by atoms with Crippen molar-refractivity contribution in [2.24, 2.45) is 26.9 Å². The van der Waals surface area contributed by atoms with E-state index in [0.717, 1.165) is 5.56 Å². The number of amidine groups is 1. The number of aliphatic hydroxyl groups excluding tert-OH is 1. The molecule has 18 nitrogen and oxygen atoms in total. The SMILES string of the molecule is CCOCCOCCOCCC(=O)CCCc1ccc(O)c(N=Nc2ccc(C(=O)NCCCC3CN([C@@H]4OCC(O[P+](=O)O)[C@@H]4O)C(=O)N=C3N)cc2)c1. The summed E-state index contributed by atoms with van der Waals surface area (Å²) in [6, 6.07) is 10.8. The molecular formula is C36H50N6O12P+. The number of phenols is 1. The van der Waals surface area contributed by atoms with E-state index in [-0.39, 0.29) is 48.0 Å². The van der Waals surface area contributed by atoms with Gasteiger partial charge in [0.1, 0.15) is 29.2 Å². The molecule has 2 aromatic rings. The topological polar surface area (TPSA) is 253 Å². The van der Waals surface area contributed by atoms with Gasteiger partial charge >= 0.3 is 14.3 Å². The van der Waals surface area contributed by atoms with Crippen LogP contribution in [0.3, 0.4) is 0 Å². The van der Waals surface area contributed by atoms with E-state index in [2.05, 4.69) is 20.5 Å². The zero-order chi connectivity index (χ0) is 39.6. The third-order valence-corrected chi connectivity index (χ3v) is 9.25. The minimum atomic E-state index is -2.96. The van der Waals surface area contributed by atoms with Crippen LogP contribution >= 0.6 is 8.25 Å². The van der Waals surface area contributed by atoms with Gasteiger partial charge in [-0.2, -0.15) is 10.1 Å². The maximum Gasteiger partial charge on any atom is 0.695 e. The van der Waals surface area contributed by atoms with Crippen LogP contribution in [0.1, 0.15) is 54.9 Å². The molecule has 1 fully saturated rings. The predicted octanol–water partition coefficient (Wildman–Crippen LogP) is 3.83. The number of rotatable bonds is 24. The zero-order valence-corrected chi connectivity index (χ0v) is 31.7. The Bertz CT molecular complexity index is 1650. The Morgan fingerprint density at radius 3 is 2.49 bits per heavy atom. The van der Waals surface area contributed by atoms with Crippen LogP contribution in [0, 0.1) is 5.92 Å². The fourth-order valence-corrected chi connectivity index (χ4v) is 6.23. The van der Waals surface area contributed by atoms with Gasteiger partial charge in [-0.3, -0.25) is 14.5 Å². The number of carbonyl (C=O) groups excluding carboxylic acids is 3. The van der Waals surface area contributed by atoms with E-state index >= 15 is 0 Å². The second kappa shape index (κ2) is 23.0. The number of urea groups is 1. The van der Waals surface area contributed by atoms with Gasteiger partial charge in [0.15, 0.2) is 12.3 Å². The molecule has 0 radical (unpaired) electrons. The molecular weight excluding hydrogens is 739 g/mol. The van der Waals surface area contributed by atoms with Gasteiger partial charge in [0.05, 0.1) is 45.3 Å². The molecule has 0 aromatic heterocycles. The number of azo groups is 1. The number of hydrogen-bond acceptors (Lipinski definition) is 14. The first-order chi connectivity index (χ1) is 26.5. The minimum absolute atomic E-state index is 0.0379. The molecule has 300 valence electrons. The molecule has 1 saturated heterocycles. The Balaban J connectivity index is 1.15. The van der Waals surface area contributed by atoms with Crippen molar-refractivity contribution in [3.8, 4) is 5.75 Å². The fourth-order valence-electron chi connectivity index (χ4n) is 5.82. The van der Waals surface area contributed by atoms with Crippen LogP contribution in [-0.2, 0) is 39.3 Å². The maximum absolute atomic E-state index is 12.8. The highest BCUT2D eigenvalue weighted by atomic mass is 31.1. The number of aryl methyl sites for hydroxylation is 1. The highest BCUT2D eigenvalue weighted by Crippen LogP contribution is 2.31. The fraction of sp³-hybridized carbons (Fsp3) is 0.556. The summed E-state index contributed by atoms with van der Waals surface area (Å²) in [7, 11) is -2.96. The number of ether oxygens (including phenoxy) is 4. The predicted molar refractivity (Wildman–Crippen MR) is 199 cm³/mol.